The molecule has 114 valence electrons. The van der Waals surface area contributed by atoms with E-state index >= 15 is 0 Å². The summed E-state index contributed by atoms with van der Waals surface area (Å²) in [5, 5.41) is 0. The number of carbonyl (C=O) groups is 2. The first-order valence-corrected chi connectivity index (χ1v) is 6.01. The zero-order valence-electron chi connectivity index (χ0n) is 12.1. The van der Waals surface area contributed by atoms with E-state index in [1.54, 1.807) is 6.07 Å². The fourth-order valence-electron chi connectivity index (χ4n) is 1.20. The molecule has 0 bridgehead atoms. The van der Waals surface area contributed by atoms with Crippen LogP contribution < -0.4 is 24.0 Å². The number of quaternary nitrogens is 1. The molecule has 1 aromatic rings. The lowest BCUT2D eigenvalue weighted by Gasteiger charge is -2.23. The van der Waals surface area contributed by atoms with Gasteiger partial charge in [-0.2, -0.15) is 0 Å². The summed E-state index contributed by atoms with van der Waals surface area (Å²) in [6.45, 7) is 2.44. The first-order chi connectivity index (χ1) is 8.79. The lowest BCUT2D eigenvalue weighted by Crippen LogP contribution is -3.00. The molecule has 0 aliphatic carbocycles. The van der Waals surface area contributed by atoms with Crippen LogP contribution in [0.25, 0.3) is 0 Å². The predicted octanol–water partition coefficient (Wildman–Crippen LogP) is -1.92. The minimum Gasteiger partial charge on any atom is -1.00 e. The number of hydrogen-bond acceptors (Lipinski definition) is 5. The second-order valence-electron chi connectivity index (χ2n) is 5.21. The average molecular weight is 397 g/mol. The Kier molecular flexibility index (Phi) is 7.80. The summed E-state index contributed by atoms with van der Waals surface area (Å²) in [4.78, 5) is 23.1. The summed E-state index contributed by atoms with van der Waals surface area (Å²) in [6, 6.07) is 3.04. The van der Waals surface area contributed by atoms with Crippen molar-refractivity contribution in [2.45, 2.75) is 13.0 Å². The molecule has 7 heteroatoms. The van der Waals surface area contributed by atoms with Crippen LogP contribution in [0.3, 0.4) is 0 Å². The Hall–Kier alpha value is -1.09. The number of ether oxygens (including phenoxy) is 2. The highest BCUT2D eigenvalue weighted by atomic mass is 127. The zero-order valence-corrected chi connectivity index (χ0v) is 14.2. The molecule has 0 radical (unpaired) electrons. The molecule has 1 unspecified atom stereocenters. The van der Waals surface area contributed by atoms with Crippen LogP contribution in [0.2, 0.25) is 0 Å². The van der Waals surface area contributed by atoms with E-state index in [2.05, 4.69) is 0 Å². The minimum atomic E-state index is -0.954. The largest absolute Gasteiger partial charge is 1.00 e. The molecule has 0 aliphatic heterocycles. The topological polar surface area (TPSA) is 65.7 Å². The molecule has 1 heterocycles. The predicted molar refractivity (Wildman–Crippen MR) is 67.4 cm³/mol. The van der Waals surface area contributed by atoms with Gasteiger partial charge in [0.25, 0.3) is 0 Å². The van der Waals surface area contributed by atoms with Gasteiger partial charge in [-0.1, -0.05) is 0 Å². The third-order valence-electron chi connectivity index (χ3n) is 2.34. The monoisotopic (exact) mass is 397 g/mol. The normalized spacial score (nSPS) is 12.2. The lowest BCUT2D eigenvalue weighted by atomic mass is 10.4. The molecule has 0 saturated carbocycles. The van der Waals surface area contributed by atoms with Gasteiger partial charge in [-0.3, -0.25) is 0 Å². The molecule has 1 rings (SSSR count). The van der Waals surface area contributed by atoms with Crippen LogP contribution in [-0.2, 0) is 14.3 Å². The molecule has 0 fully saturated rings. The van der Waals surface area contributed by atoms with Crippen molar-refractivity contribution in [3.05, 3.63) is 24.2 Å². The van der Waals surface area contributed by atoms with Crippen LogP contribution in [0.15, 0.2) is 22.8 Å². The van der Waals surface area contributed by atoms with E-state index in [1.807, 2.05) is 21.1 Å². The van der Waals surface area contributed by atoms with E-state index in [1.165, 1.54) is 19.3 Å². The van der Waals surface area contributed by atoms with Crippen molar-refractivity contribution >= 4 is 11.9 Å². The first-order valence-electron chi connectivity index (χ1n) is 6.01. The highest BCUT2D eigenvalue weighted by molar-refractivity contribution is 5.88. The Morgan fingerprint density at radius 1 is 1.35 bits per heavy atom. The van der Waals surface area contributed by atoms with Gasteiger partial charge in [-0.25, -0.2) is 9.59 Å². The molecule has 1 aromatic heterocycles. The standard InChI is InChI=1S/C13H20NO5.HI/c1-10(12(15)18-9-7-14(2,3)4)19-13(16)11-6-5-8-17-11;/h5-6,8,10H,7,9H2,1-4H3;1H/q+1;/p-1. The van der Waals surface area contributed by atoms with E-state index in [9.17, 15) is 9.59 Å². The highest BCUT2D eigenvalue weighted by Gasteiger charge is 2.22. The Morgan fingerprint density at radius 2 is 2.00 bits per heavy atom. The van der Waals surface area contributed by atoms with E-state index in [-0.39, 0.29) is 36.3 Å². The molecular weight excluding hydrogens is 377 g/mol. The van der Waals surface area contributed by atoms with Crippen LogP contribution in [0, 0.1) is 0 Å². The van der Waals surface area contributed by atoms with Gasteiger partial charge >= 0.3 is 11.9 Å². The molecule has 20 heavy (non-hydrogen) atoms. The molecule has 0 saturated heterocycles. The quantitative estimate of drug-likeness (QED) is 0.318. The van der Waals surface area contributed by atoms with Crippen molar-refractivity contribution in [3.63, 3.8) is 0 Å². The number of halogens is 1. The fraction of sp³-hybridized carbons (Fsp3) is 0.538. The Balaban J connectivity index is 0.00000361. The number of hydrogen-bond donors (Lipinski definition) is 0. The van der Waals surface area contributed by atoms with Crippen LogP contribution in [-0.4, -0.2) is 56.8 Å². The van der Waals surface area contributed by atoms with Crippen molar-refractivity contribution < 1.29 is 51.9 Å². The summed E-state index contributed by atoms with van der Waals surface area (Å²) in [6.07, 6.45) is 0.408. The van der Waals surface area contributed by atoms with Crippen molar-refractivity contribution in [2.75, 3.05) is 34.3 Å². The second kappa shape index (κ2) is 8.25. The van der Waals surface area contributed by atoms with Gasteiger partial charge in [0.05, 0.1) is 27.4 Å². The highest BCUT2D eigenvalue weighted by Crippen LogP contribution is 2.05. The summed E-state index contributed by atoms with van der Waals surface area (Å²) in [5.41, 5.74) is 0. The molecule has 0 aliphatic rings. The van der Waals surface area contributed by atoms with Gasteiger partial charge in [-0.05, 0) is 19.1 Å². The van der Waals surface area contributed by atoms with Crippen molar-refractivity contribution in [2.24, 2.45) is 0 Å². The number of rotatable bonds is 6. The summed E-state index contributed by atoms with van der Waals surface area (Å²) >= 11 is 0. The Bertz CT molecular complexity index is 424. The fourth-order valence-corrected chi connectivity index (χ4v) is 1.20. The third kappa shape index (κ3) is 6.90. The SMILES string of the molecule is CC(OC(=O)c1ccco1)C(=O)OCC[N+](C)(C)C.[I-]. The number of furan rings is 1. The van der Waals surface area contributed by atoms with Gasteiger partial charge in [-0.15, -0.1) is 0 Å². The molecule has 0 aromatic carbocycles. The van der Waals surface area contributed by atoms with Gasteiger partial charge in [0, 0.05) is 0 Å². The lowest BCUT2D eigenvalue weighted by molar-refractivity contribution is -0.870. The van der Waals surface area contributed by atoms with E-state index in [0.717, 1.165) is 0 Å². The Morgan fingerprint density at radius 3 is 2.50 bits per heavy atom. The Labute approximate surface area is 135 Å². The van der Waals surface area contributed by atoms with Crippen molar-refractivity contribution in [3.8, 4) is 0 Å². The van der Waals surface area contributed by atoms with Gasteiger partial charge in [0.1, 0.15) is 13.2 Å². The maximum atomic E-state index is 11.6. The average Bonchev–Trinajstić information content (AvgIpc) is 2.80. The van der Waals surface area contributed by atoms with Crippen molar-refractivity contribution in [1.29, 1.82) is 0 Å². The second-order valence-corrected chi connectivity index (χ2v) is 5.21. The van der Waals surface area contributed by atoms with E-state index in [0.29, 0.717) is 11.0 Å². The number of carbonyl (C=O) groups excluding carboxylic acids is 2. The van der Waals surface area contributed by atoms with Gasteiger partial charge < -0.3 is 42.4 Å². The minimum absolute atomic E-state index is 0. The van der Waals surface area contributed by atoms with E-state index < -0.39 is 18.0 Å². The van der Waals surface area contributed by atoms with Gasteiger partial charge in [0.15, 0.2) is 6.10 Å². The maximum absolute atomic E-state index is 11.6. The molecular formula is C13H20INO5. The van der Waals surface area contributed by atoms with Crippen LogP contribution in [0.4, 0.5) is 0 Å². The summed E-state index contributed by atoms with van der Waals surface area (Å²) < 4.78 is 15.5. The number of nitrogens with zero attached hydrogens (tertiary/aromatic N) is 1. The maximum Gasteiger partial charge on any atom is 0.375 e. The van der Waals surface area contributed by atoms with Crippen LogP contribution >= 0.6 is 0 Å². The summed E-state index contributed by atoms with van der Waals surface area (Å²) in [7, 11) is 5.98. The van der Waals surface area contributed by atoms with Crippen LogP contribution in [0.1, 0.15) is 17.5 Å². The molecule has 6 nitrogen and oxygen atoms in total. The smallest absolute Gasteiger partial charge is 0.375 e. The van der Waals surface area contributed by atoms with Gasteiger partial charge in [0.2, 0.25) is 5.76 Å². The zero-order chi connectivity index (χ0) is 14.5. The first kappa shape index (κ1) is 18.9. The molecule has 1 atom stereocenters. The van der Waals surface area contributed by atoms with E-state index in [4.69, 9.17) is 13.9 Å². The molecule has 0 N–H and O–H groups in total. The number of likely N-dealkylation sites (N-methyl/N-ethyl adjacent to an activating group) is 1. The summed E-state index contributed by atoms with van der Waals surface area (Å²) in [5.74, 6) is -1.18. The van der Waals surface area contributed by atoms with Crippen LogP contribution in [0.5, 0.6) is 0 Å². The molecule has 0 amide bonds. The third-order valence-corrected chi connectivity index (χ3v) is 2.34. The number of esters is 2. The molecule has 0 spiro atoms. The van der Waals surface area contributed by atoms with Crippen molar-refractivity contribution in [1.82, 2.24) is 0 Å².